The Labute approximate surface area is 232 Å². The van der Waals surface area contributed by atoms with Gasteiger partial charge < -0.3 is 20.1 Å². The third kappa shape index (κ3) is 8.56. The summed E-state index contributed by atoms with van der Waals surface area (Å²) >= 11 is 0. The normalized spacial score (nSPS) is 18.0. The molecule has 1 fully saturated rings. The van der Waals surface area contributed by atoms with Gasteiger partial charge in [-0.25, -0.2) is 13.4 Å². The quantitative estimate of drug-likeness (QED) is 0.336. The molecule has 2 aromatic heterocycles. The lowest BCUT2D eigenvalue weighted by molar-refractivity contribution is -0.173. The van der Waals surface area contributed by atoms with Crippen LogP contribution in [0.25, 0.3) is 11.3 Å². The number of nitrogens with one attached hydrogen (secondary N) is 2. The van der Waals surface area contributed by atoms with Crippen molar-refractivity contribution in [3.8, 4) is 17.0 Å². The van der Waals surface area contributed by atoms with Crippen LogP contribution in [-0.2, 0) is 21.1 Å². The van der Waals surface area contributed by atoms with Gasteiger partial charge in [0.25, 0.3) is 5.91 Å². The first-order valence-corrected chi connectivity index (χ1v) is 15.3. The highest BCUT2D eigenvalue weighted by Crippen LogP contribution is 2.35. The number of carbonyl (C=O) groups is 1. The molecule has 1 amide bonds. The Morgan fingerprint density at radius 2 is 1.93 bits per heavy atom. The van der Waals surface area contributed by atoms with Crippen molar-refractivity contribution in [2.75, 3.05) is 45.0 Å². The number of sulfone groups is 1. The van der Waals surface area contributed by atoms with E-state index >= 15 is 0 Å². The van der Waals surface area contributed by atoms with E-state index in [2.05, 4.69) is 25.5 Å². The summed E-state index contributed by atoms with van der Waals surface area (Å²) in [6, 6.07) is 1.69. The molecule has 0 unspecified atom stereocenters. The number of halogens is 3. The Balaban J connectivity index is 1.64. The number of aromatic nitrogens is 3. The van der Waals surface area contributed by atoms with Crippen LogP contribution in [0.1, 0.15) is 55.1 Å². The molecule has 0 bridgehead atoms. The largest absolute Gasteiger partial charge is 0.496 e. The van der Waals surface area contributed by atoms with Crippen LogP contribution in [0.2, 0.25) is 0 Å². The number of methoxy groups -OCH3 is 1. The van der Waals surface area contributed by atoms with Crippen molar-refractivity contribution >= 4 is 21.6 Å². The van der Waals surface area contributed by atoms with Crippen LogP contribution in [0.4, 0.5) is 19.0 Å². The first kappa shape index (κ1) is 31.7. The molecule has 1 aliphatic carbocycles. The van der Waals surface area contributed by atoms with E-state index in [1.807, 2.05) is 13.8 Å². The molecule has 0 saturated heterocycles. The minimum absolute atomic E-state index is 0.0383. The maximum atomic E-state index is 13.1. The third-order valence-electron chi connectivity index (χ3n) is 7.03. The molecule has 2 N–H and O–H groups in total. The number of hydrogen-bond donors (Lipinski definition) is 2. The Morgan fingerprint density at radius 1 is 1.23 bits per heavy atom. The third-order valence-corrected chi connectivity index (χ3v) is 8.72. The van der Waals surface area contributed by atoms with Crippen molar-refractivity contribution in [2.45, 2.75) is 63.9 Å². The van der Waals surface area contributed by atoms with Crippen LogP contribution in [0.15, 0.2) is 12.3 Å². The predicted molar refractivity (Wildman–Crippen MR) is 145 cm³/mol. The van der Waals surface area contributed by atoms with Gasteiger partial charge >= 0.3 is 6.18 Å². The molecular formula is C26H38F3N5O5S. The van der Waals surface area contributed by atoms with Gasteiger partial charge in [-0.2, -0.15) is 18.3 Å². The van der Waals surface area contributed by atoms with E-state index in [1.165, 1.54) is 13.4 Å². The summed E-state index contributed by atoms with van der Waals surface area (Å²) in [4.78, 5) is 17.5. The Kier molecular flexibility index (Phi) is 10.8. The second-order valence-electron chi connectivity index (χ2n) is 10.0. The van der Waals surface area contributed by atoms with Gasteiger partial charge in [0.15, 0.2) is 5.69 Å². The van der Waals surface area contributed by atoms with Gasteiger partial charge in [-0.1, -0.05) is 0 Å². The van der Waals surface area contributed by atoms with E-state index in [4.69, 9.17) is 4.74 Å². The first-order valence-electron chi connectivity index (χ1n) is 13.3. The van der Waals surface area contributed by atoms with Gasteiger partial charge in [0, 0.05) is 50.3 Å². The SMILES string of the molecule is CCn1nc(C(=O)NC[C@H]2CC[C@H](S(C)(=O)=O)CC2)c(C)c1-c1cnc(NCCCOCC(F)(F)F)cc1OC. The standard InChI is InChI=1S/C26H38F3N5O5S/c1-5-34-24(20-15-31-22(13-21(20)38-3)30-11-6-12-39-16-26(27,28)29)17(2)23(33-34)25(35)32-14-18-7-9-19(10-8-18)40(4,36)37/h13,15,18-19H,5-12,14,16H2,1-4H3,(H,30,31)(H,32,35)/t18-,19-. The van der Waals surface area contributed by atoms with Gasteiger partial charge in [0.1, 0.15) is 28.0 Å². The number of rotatable bonds is 13. The fourth-order valence-electron chi connectivity index (χ4n) is 4.88. The second-order valence-corrected chi connectivity index (χ2v) is 12.4. The monoisotopic (exact) mass is 589 g/mol. The Bertz CT molecular complexity index is 1260. The van der Waals surface area contributed by atoms with Gasteiger partial charge in [0.2, 0.25) is 0 Å². The molecule has 10 nitrogen and oxygen atoms in total. The highest BCUT2D eigenvalue weighted by atomic mass is 32.2. The van der Waals surface area contributed by atoms with E-state index in [0.717, 1.165) is 12.8 Å². The van der Waals surface area contributed by atoms with Crippen molar-refractivity contribution in [1.29, 1.82) is 0 Å². The van der Waals surface area contributed by atoms with Crippen LogP contribution < -0.4 is 15.4 Å². The number of pyridine rings is 1. The Hall–Kier alpha value is -2.87. The average Bonchev–Trinajstić information content (AvgIpc) is 3.24. The lowest BCUT2D eigenvalue weighted by Gasteiger charge is -2.27. The number of hydrogen-bond acceptors (Lipinski definition) is 8. The van der Waals surface area contributed by atoms with Gasteiger partial charge in [-0.3, -0.25) is 9.48 Å². The number of ether oxygens (including phenoxy) is 2. The van der Waals surface area contributed by atoms with Crippen molar-refractivity contribution in [3.05, 3.63) is 23.5 Å². The van der Waals surface area contributed by atoms with E-state index in [9.17, 15) is 26.4 Å². The topological polar surface area (TPSA) is 124 Å². The molecule has 0 spiro atoms. The molecule has 3 rings (SSSR count). The smallest absolute Gasteiger partial charge is 0.411 e. The number of alkyl halides is 3. The van der Waals surface area contributed by atoms with Crippen LogP contribution in [0.5, 0.6) is 5.75 Å². The fraction of sp³-hybridized carbons (Fsp3) is 0.654. The predicted octanol–water partition coefficient (Wildman–Crippen LogP) is 4.00. The molecule has 2 heterocycles. The number of amides is 1. The van der Waals surface area contributed by atoms with E-state index in [-0.39, 0.29) is 23.7 Å². The minimum Gasteiger partial charge on any atom is -0.496 e. The molecule has 0 radical (unpaired) electrons. The maximum Gasteiger partial charge on any atom is 0.411 e. The molecule has 0 aromatic carbocycles. The Morgan fingerprint density at radius 3 is 2.52 bits per heavy atom. The molecule has 14 heteroatoms. The molecular weight excluding hydrogens is 551 g/mol. The molecule has 0 aliphatic heterocycles. The lowest BCUT2D eigenvalue weighted by atomic mass is 9.89. The van der Waals surface area contributed by atoms with Crippen molar-refractivity contribution in [2.24, 2.45) is 5.92 Å². The zero-order chi connectivity index (χ0) is 29.5. The summed E-state index contributed by atoms with van der Waals surface area (Å²) < 4.78 is 72.0. The van der Waals surface area contributed by atoms with Gasteiger partial charge in [-0.15, -0.1) is 0 Å². The zero-order valence-electron chi connectivity index (χ0n) is 23.3. The summed E-state index contributed by atoms with van der Waals surface area (Å²) in [6.07, 6.45) is 1.61. The molecule has 1 saturated carbocycles. The van der Waals surface area contributed by atoms with E-state index in [0.29, 0.717) is 73.0 Å². The number of nitrogens with zero attached hydrogens (tertiary/aromatic N) is 3. The van der Waals surface area contributed by atoms with Crippen molar-refractivity contribution < 1.29 is 35.9 Å². The van der Waals surface area contributed by atoms with Crippen LogP contribution in [0.3, 0.4) is 0 Å². The number of carbonyl (C=O) groups excluding carboxylic acids is 1. The summed E-state index contributed by atoms with van der Waals surface area (Å²) in [7, 11) is -1.52. The van der Waals surface area contributed by atoms with Crippen LogP contribution in [-0.4, -0.2) is 80.2 Å². The van der Waals surface area contributed by atoms with Crippen LogP contribution >= 0.6 is 0 Å². The van der Waals surface area contributed by atoms with Crippen molar-refractivity contribution in [1.82, 2.24) is 20.1 Å². The maximum absolute atomic E-state index is 13.1. The number of aryl methyl sites for hydroxylation is 1. The summed E-state index contributed by atoms with van der Waals surface area (Å²) in [5.41, 5.74) is 2.30. The molecule has 40 heavy (non-hydrogen) atoms. The minimum atomic E-state index is -4.34. The zero-order valence-corrected chi connectivity index (χ0v) is 24.1. The highest BCUT2D eigenvalue weighted by Gasteiger charge is 2.29. The molecule has 224 valence electrons. The van der Waals surface area contributed by atoms with Gasteiger partial charge in [-0.05, 0) is 51.9 Å². The lowest BCUT2D eigenvalue weighted by Crippen LogP contribution is -2.34. The highest BCUT2D eigenvalue weighted by molar-refractivity contribution is 7.91. The summed E-state index contributed by atoms with van der Waals surface area (Å²) in [5.74, 6) is 0.906. The van der Waals surface area contributed by atoms with E-state index < -0.39 is 22.6 Å². The molecule has 1 aliphatic rings. The summed E-state index contributed by atoms with van der Waals surface area (Å²) in [6.45, 7) is 3.73. The number of anilines is 1. The molecule has 2 aromatic rings. The first-order chi connectivity index (χ1) is 18.8. The van der Waals surface area contributed by atoms with E-state index in [1.54, 1.807) is 16.9 Å². The fourth-order valence-corrected chi connectivity index (χ4v) is 6.01. The second kappa shape index (κ2) is 13.7. The molecule has 0 atom stereocenters. The van der Waals surface area contributed by atoms with Crippen LogP contribution in [0, 0.1) is 12.8 Å². The van der Waals surface area contributed by atoms with Gasteiger partial charge in [0.05, 0.1) is 23.6 Å². The summed E-state index contributed by atoms with van der Waals surface area (Å²) in [5, 5.41) is 10.3. The average molecular weight is 590 g/mol. The van der Waals surface area contributed by atoms with Crippen molar-refractivity contribution in [3.63, 3.8) is 0 Å².